The second-order valence-corrected chi connectivity index (χ2v) is 9.37. The molecule has 0 saturated heterocycles. The molecule has 25 heavy (non-hydrogen) atoms. The summed E-state index contributed by atoms with van der Waals surface area (Å²) in [5, 5.41) is 10.2. The zero-order valence-corrected chi connectivity index (χ0v) is 20.9. The molecule has 2 fully saturated rings. The van der Waals surface area contributed by atoms with Crippen LogP contribution < -0.4 is 0 Å². The summed E-state index contributed by atoms with van der Waals surface area (Å²) in [5.74, 6) is 2.87. The van der Waals surface area contributed by atoms with Crippen LogP contribution in [0.4, 0.5) is 4.39 Å². The third kappa shape index (κ3) is 2.86. The fraction of sp³-hybridized carbons (Fsp3) is 0.727. The maximum Gasteiger partial charge on any atom is 0.0966 e. The molecule has 0 aromatic carbocycles. The van der Waals surface area contributed by atoms with Crippen LogP contribution in [0, 0.1) is 78.6 Å². The van der Waals surface area contributed by atoms with Crippen LogP contribution >= 0.6 is 0 Å². The normalized spacial score (nSPS) is 47.6. The smallest absolute Gasteiger partial charge is 0.0966 e. The van der Waals surface area contributed by atoms with Gasteiger partial charge in [0.15, 0.2) is 0 Å². The van der Waals surface area contributed by atoms with Gasteiger partial charge in [0, 0.05) is 50.0 Å². The van der Waals surface area contributed by atoms with Gasteiger partial charge in [0.1, 0.15) is 0 Å². The molecule has 0 aliphatic heterocycles. The predicted octanol–water partition coefficient (Wildman–Crippen LogP) is 6.49. The van der Waals surface area contributed by atoms with Crippen LogP contribution in [0.5, 0.6) is 0 Å². The van der Waals surface area contributed by atoms with Gasteiger partial charge in [-0.25, -0.2) is 4.39 Å². The van der Waals surface area contributed by atoms with Crippen molar-refractivity contribution < 1.29 is 53.6 Å². The van der Waals surface area contributed by atoms with E-state index < -0.39 is 0 Å². The number of hydrogen-bond acceptors (Lipinski definition) is 1. The molecule has 3 heteroatoms. The van der Waals surface area contributed by atoms with Gasteiger partial charge in [0.05, 0.1) is 11.6 Å². The molecule has 1 radical (unpaired) electrons. The number of halogens is 1. The fourth-order valence-corrected chi connectivity index (χ4v) is 7.03. The summed E-state index contributed by atoms with van der Waals surface area (Å²) in [6.07, 6.45) is 11.0. The minimum Gasteiger partial charge on any atom is -0.512 e. The summed E-state index contributed by atoms with van der Waals surface area (Å²) < 4.78 is 14.1. The topological polar surface area (TPSA) is 20.2 Å². The van der Waals surface area contributed by atoms with Crippen molar-refractivity contribution in [3.05, 3.63) is 34.9 Å². The van der Waals surface area contributed by atoms with Crippen LogP contribution in [0.15, 0.2) is 34.9 Å². The minimum absolute atomic E-state index is 0. The van der Waals surface area contributed by atoms with Gasteiger partial charge in [-0.3, -0.25) is 0 Å². The van der Waals surface area contributed by atoms with Gasteiger partial charge in [-0.15, -0.1) is 0 Å². The molecule has 4 rings (SSSR count). The molecule has 4 aliphatic rings. The number of allylic oxidation sites excluding steroid dienone is 6. The first-order valence-electron chi connectivity index (χ1n) is 9.74. The van der Waals surface area contributed by atoms with E-state index >= 15 is 0 Å². The summed E-state index contributed by atoms with van der Waals surface area (Å²) in [6, 6.07) is 0. The van der Waals surface area contributed by atoms with E-state index in [4.69, 9.17) is 0 Å². The molecule has 1 nitrogen and oxygen atoms in total. The molecule has 0 bridgehead atoms. The quantitative estimate of drug-likeness (QED) is 0.361. The summed E-state index contributed by atoms with van der Waals surface area (Å²) in [4.78, 5) is 0. The maximum atomic E-state index is 14.1. The van der Waals surface area contributed by atoms with Crippen molar-refractivity contribution in [2.24, 2.45) is 34.5 Å². The number of rotatable bonds is 0. The summed E-state index contributed by atoms with van der Waals surface area (Å²) in [7, 11) is 0. The van der Waals surface area contributed by atoms with Crippen molar-refractivity contribution in [2.75, 3.05) is 0 Å². The van der Waals surface area contributed by atoms with Crippen molar-refractivity contribution in [1.82, 2.24) is 0 Å². The van der Waals surface area contributed by atoms with E-state index in [1.165, 1.54) is 12.0 Å². The van der Waals surface area contributed by atoms with Gasteiger partial charge in [-0.1, -0.05) is 26.8 Å². The van der Waals surface area contributed by atoms with Gasteiger partial charge in [-0.2, -0.15) is 0 Å². The van der Waals surface area contributed by atoms with E-state index in [1.54, 1.807) is 6.92 Å². The van der Waals surface area contributed by atoms with Crippen molar-refractivity contribution in [3.8, 4) is 0 Å². The molecule has 6 atom stereocenters. The van der Waals surface area contributed by atoms with Gasteiger partial charge in [-0.05, 0) is 91.3 Å². The third-order valence-electron chi connectivity index (χ3n) is 8.26. The molecular formula is C22H31AcFO. The Kier molecular flexibility index (Phi) is 5.45. The Bertz CT molecular complexity index is 659. The summed E-state index contributed by atoms with van der Waals surface area (Å²) in [6.45, 7) is 8.55. The SMILES string of the molecule is C/C(F)=C1/CCC2C3CC=C4C=C(O)[C@H](C)CC4(C)C3CCC12C.[Ac]. The molecule has 0 amide bonds. The molecule has 0 aromatic heterocycles. The van der Waals surface area contributed by atoms with E-state index in [0.29, 0.717) is 23.5 Å². The van der Waals surface area contributed by atoms with Crippen LogP contribution in [0.2, 0.25) is 0 Å². The van der Waals surface area contributed by atoms with E-state index in [-0.39, 0.29) is 66.6 Å². The standard InChI is InChI=1S/C22H31FO.Ac/c1-13-12-22(4)15(11-20(13)24)5-6-16-18-8-7-17(14(2)23)21(18,3)10-9-19(16)22;/h5,11,13,16,18-19,24H,6-10,12H2,1-4H3;/b17-14+;/t13-,16?,18?,19?,21?,22?;/m1./s1. The Labute approximate surface area is 187 Å². The van der Waals surface area contributed by atoms with Gasteiger partial charge in [0.2, 0.25) is 0 Å². The second kappa shape index (κ2) is 6.77. The van der Waals surface area contributed by atoms with Crippen LogP contribution in [0.25, 0.3) is 0 Å². The molecule has 0 aromatic rings. The predicted molar refractivity (Wildman–Crippen MR) is 96.2 cm³/mol. The van der Waals surface area contributed by atoms with Crippen LogP contribution in [0.1, 0.15) is 66.2 Å². The van der Waals surface area contributed by atoms with Crippen LogP contribution in [-0.4, -0.2) is 5.11 Å². The van der Waals surface area contributed by atoms with E-state index in [1.807, 2.05) is 6.08 Å². The number of aliphatic hydroxyl groups is 1. The summed E-state index contributed by atoms with van der Waals surface area (Å²) in [5.41, 5.74) is 2.74. The Balaban J connectivity index is 0.00000182. The van der Waals surface area contributed by atoms with E-state index in [0.717, 1.165) is 37.7 Å². The Morgan fingerprint density at radius 2 is 1.88 bits per heavy atom. The molecule has 5 unspecified atom stereocenters. The number of aliphatic hydroxyl groups excluding tert-OH is 1. The van der Waals surface area contributed by atoms with Gasteiger partial charge in [0.25, 0.3) is 0 Å². The zero-order valence-electron chi connectivity index (χ0n) is 16.1. The average Bonchev–Trinajstić information content (AvgIpc) is 2.86. The Hall–Kier alpha value is 0.392. The fourth-order valence-electron chi connectivity index (χ4n) is 7.03. The molecule has 1 N–H and O–H groups in total. The van der Waals surface area contributed by atoms with Crippen molar-refractivity contribution in [3.63, 3.8) is 0 Å². The Morgan fingerprint density at radius 1 is 1.20 bits per heavy atom. The van der Waals surface area contributed by atoms with Crippen LogP contribution in [-0.2, 0) is 0 Å². The Morgan fingerprint density at radius 3 is 2.56 bits per heavy atom. The van der Waals surface area contributed by atoms with Crippen molar-refractivity contribution in [2.45, 2.75) is 66.2 Å². The monoisotopic (exact) mass is 557 g/mol. The zero-order chi connectivity index (χ0) is 17.3. The first kappa shape index (κ1) is 20.1. The number of hydrogen-bond donors (Lipinski definition) is 1. The average molecular weight is 557 g/mol. The molecule has 2 saturated carbocycles. The molecule has 0 heterocycles. The molecule has 0 spiro atoms. The molecule has 4 aliphatic carbocycles. The summed E-state index contributed by atoms with van der Waals surface area (Å²) >= 11 is 0. The second-order valence-electron chi connectivity index (χ2n) is 9.37. The third-order valence-corrected chi connectivity index (χ3v) is 8.26. The first-order valence-corrected chi connectivity index (χ1v) is 9.74. The number of fused-ring (bicyclic) bond motifs is 5. The minimum atomic E-state index is 0. The van der Waals surface area contributed by atoms with Crippen molar-refractivity contribution in [1.29, 1.82) is 0 Å². The van der Waals surface area contributed by atoms with Crippen molar-refractivity contribution >= 4 is 0 Å². The first-order chi connectivity index (χ1) is 11.3. The van der Waals surface area contributed by atoms with Gasteiger partial charge < -0.3 is 5.11 Å². The molecule has 135 valence electrons. The maximum absolute atomic E-state index is 14.1. The van der Waals surface area contributed by atoms with E-state index in [2.05, 4.69) is 26.8 Å². The molecular weight excluding hydrogens is 526 g/mol. The van der Waals surface area contributed by atoms with Gasteiger partial charge >= 0.3 is 0 Å². The largest absolute Gasteiger partial charge is 0.512 e. The van der Waals surface area contributed by atoms with E-state index in [9.17, 15) is 9.50 Å². The van der Waals surface area contributed by atoms with Crippen LogP contribution in [0.3, 0.4) is 0 Å².